The van der Waals surface area contributed by atoms with Crippen molar-refractivity contribution in [1.29, 1.82) is 0 Å². The number of rotatable bonds is 7. The average molecular weight is 489 g/mol. The van der Waals surface area contributed by atoms with Gasteiger partial charge in [0.1, 0.15) is 11.5 Å². The van der Waals surface area contributed by atoms with Gasteiger partial charge in [-0.1, -0.05) is 30.3 Å². The molecule has 0 radical (unpaired) electrons. The largest absolute Gasteiger partial charge is 0.493 e. The van der Waals surface area contributed by atoms with E-state index in [1.54, 1.807) is 26.4 Å². The van der Waals surface area contributed by atoms with Gasteiger partial charge in [-0.05, 0) is 64.6 Å². The SMILES string of the molecule is COc1cc(I)c(C(=O)NCc2ccc(Oc3ccccc3)cc2)cc1OC. The van der Waals surface area contributed by atoms with Crippen LogP contribution in [-0.2, 0) is 6.54 Å². The summed E-state index contributed by atoms with van der Waals surface area (Å²) in [6.45, 7) is 0.412. The van der Waals surface area contributed by atoms with Crippen molar-refractivity contribution < 1.29 is 19.0 Å². The zero-order valence-corrected chi connectivity index (χ0v) is 17.7. The van der Waals surface area contributed by atoms with Crippen LogP contribution in [0.4, 0.5) is 0 Å². The van der Waals surface area contributed by atoms with E-state index in [0.717, 1.165) is 20.6 Å². The first-order valence-corrected chi connectivity index (χ1v) is 9.70. The molecule has 0 saturated heterocycles. The van der Waals surface area contributed by atoms with Crippen LogP contribution in [0.3, 0.4) is 0 Å². The van der Waals surface area contributed by atoms with Crippen LogP contribution >= 0.6 is 22.6 Å². The molecule has 144 valence electrons. The van der Waals surface area contributed by atoms with Crippen LogP contribution in [0.25, 0.3) is 0 Å². The summed E-state index contributed by atoms with van der Waals surface area (Å²) >= 11 is 2.11. The van der Waals surface area contributed by atoms with Gasteiger partial charge in [-0.3, -0.25) is 4.79 Å². The van der Waals surface area contributed by atoms with Gasteiger partial charge in [-0.15, -0.1) is 0 Å². The van der Waals surface area contributed by atoms with Crippen molar-refractivity contribution in [2.24, 2.45) is 0 Å². The summed E-state index contributed by atoms with van der Waals surface area (Å²) in [7, 11) is 3.12. The van der Waals surface area contributed by atoms with Crippen LogP contribution in [-0.4, -0.2) is 20.1 Å². The lowest BCUT2D eigenvalue weighted by Crippen LogP contribution is -2.23. The third-order valence-corrected chi connectivity index (χ3v) is 4.97. The van der Waals surface area contributed by atoms with Crippen LogP contribution in [0.2, 0.25) is 0 Å². The third-order valence-electron chi connectivity index (χ3n) is 4.07. The number of halogens is 1. The standard InChI is InChI=1S/C22H20INO4/c1-26-20-12-18(19(23)13-21(20)27-2)22(25)24-14-15-8-10-17(11-9-15)28-16-6-4-3-5-7-16/h3-13H,14H2,1-2H3,(H,24,25). The topological polar surface area (TPSA) is 56.8 Å². The molecule has 0 heterocycles. The van der Waals surface area contributed by atoms with Gasteiger partial charge in [0.25, 0.3) is 5.91 Å². The molecule has 0 aliphatic carbocycles. The maximum absolute atomic E-state index is 12.6. The van der Waals surface area contributed by atoms with Crippen molar-refractivity contribution in [2.45, 2.75) is 6.54 Å². The molecule has 0 aliphatic heterocycles. The van der Waals surface area contributed by atoms with E-state index in [4.69, 9.17) is 14.2 Å². The number of carbonyl (C=O) groups is 1. The fourth-order valence-corrected chi connectivity index (χ4v) is 3.29. The maximum atomic E-state index is 12.6. The Labute approximate surface area is 177 Å². The van der Waals surface area contributed by atoms with Gasteiger partial charge in [0.15, 0.2) is 11.5 Å². The zero-order valence-electron chi connectivity index (χ0n) is 15.6. The molecule has 0 fully saturated rings. The molecule has 0 bridgehead atoms. The molecule has 0 spiro atoms. The summed E-state index contributed by atoms with van der Waals surface area (Å²) in [5.74, 6) is 2.48. The molecule has 6 heteroatoms. The Bertz CT molecular complexity index is 943. The van der Waals surface area contributed by atoms with Crippen LogP contribution in [0.15, 0.2) is 66.7 Å². The van der Waals surface area contributed by atoms with Gasteiger partial charge in [0.05, 0.1) is 19.8 Å². The number of hydrogen-bond acceptors (Lipinski definition) is 4. The Balaban J connectivity index is 1.63. The molecular weight excluding hydrogens is 469 g/mol. The summed E-state index contributed by atoms with van der Waals surface area (Å²) in [5, 5.41) is 2.93. The number of ether oxygens (including phenoxy) is 3. The first-order chi connectivity index (χ1) is 13.6. The zero-order chi connectivity index (χ0) is 19.9. The molecule has 0 unspecified atom stereocenters. The van der Waals surface area contributed by atoms with Gasteiger partial charge >= 0.3 is 0 Å². The van der Waals surface area contributed by atoms with Gasteiger partial charge in [0.2, 0.25) is 0 Å². The van der Waals surface area contributed by atoms with E-state index in [2.05, 4.69) is 27.9 Å². The van der Waals surface area contributed by atoms with Crippen molar-refractivity contribution >= 4 is 28.5 Å². The quantitative estimate of drug-likeness (QED) is 0.473. The lowest BCUT2D eigenvalue weighted by atomic mass is 10.1. The molecule has 0 saturated carbocycles. The van der Waals surface area contributed by atoms with Crippen LogP contribution < -0.4 is 19.5 Å². The Morgan fingerprint density at radius 1 is 0.893 bits per heavy atom. The van der Waals surface area contributed by atoms with Gasteiger partial charge in [-0.2, -0.15) is 0 Å². The lowest BCUT2D eigenvalue weighted by Gasteiger charge is -2.12. The molecule has 1 N–H and O–H groups in total. The molecule has 0 atom stereocenters. The van der Waals surface area contributed by atoms with Crippen molar-refractivity contribution in [3.8, 4) is 23.0 Å². The first kappa shape index (κ1) is 20.0. The normalized spacial score (nSPS) is 10.2. The number of nitrogens with one attached hydrogen (secondary N) is 1. The Morgan fingerprint density at radius 2 is 1.50 bits per heavy atom. The minimum absolute atomic E-state index is 0.171. The van der Waals surface area contributed by atoms with Crippen molar-refractivity contribution in [3.05, 3.63) is 81.4 Å². The molecule has 0 aromatic heterocycles. The van der Waals surface area contributed by atoms with Crippen LogP contribution in [0.5, 0.6) is 23.0 Å². The molecule has 28 heavy (non-hydrogen) atoms. The fraction of sp³-hybridized carbons (Fsp3) is 0.136. The third kappa shape index (κ3) is 4.95. The predicted octanol–water partition coefficient (Wildman–Crippen LogP) is 5.03. The number of benzene rings is 3. The highest BCUT2D eigenvalue weighted by molar-refractivity contribution is 14.1. The van der Waals surface area contributed by atoms with E-state index in [1.165, 1.54) is 0 Å². The number of hydrogen-bond donors (Lipinski definition) is 1. The second-order valence-corrected chi connectivity index (χ2v) is 7.09. The highest BCUT2D eigenvalue weighted by Gasteiger charge is 2.15. The number of carbonyl (C=O) groups excluding carboxylic acids is 1. The second-order valence-electron chi connectivity index (χ2n) is 5.93. The molecule has 5 nitrogen and oxygen atoms in total. The lowest BCUT2D eigenvalue weighted by molar-refractivity contribution is 0.0949. The van der Waals surface area contributed by atoms with Crippen molar-refractivity contribution in [1.82, 2.24) is 5.32 Å². The highest BCUT2D eigenvalue weighted by atomic mass is 127. The van der Waals surface area contributed by atoms with Gasteiger partial charge in [0, 0.05) is 10.1 Å². The highest BCUT2D eigenvalue weighted by Crippen LogP contribution is 2.31. The van der Waals surface area contributed by atoms with Crippen molar-refractivity contribution in [3.63, 3.8) is 0 Å². The second kappa shape index (κ2) is 9.45. The monoisotopic (exact) mass is 489 g/mol. The van der Waals surface area contributed by atoms with E-state index in [9.17, 15) is 4.79 Å². The Morgan fingerprint density at radius 3 is 2.14 bits per heavy atom. The molecule has 3 rings (SSSR count). The van der Waals surface area contributed by atoms with Gasteiger partial charge in [-0.25, -0.2) is 0 Å². The number of methoxy groups -OCH3 is 2. The summed E-state index contributed by atoms with van der Waals surface area (Å²) in [4.78, 5) is 12.6. The van der Waals surface area contributed by atoms with E-state index >= 15 is 0 Å². The van der Waals surface area contributed by atoms with Crippen molar-refractivity contribution in [2.75, 3.05) is 14.2 Å². The Kier molecular flexibility index (Phi) is 6.76. The maximum Gasteiger partial charge on any atom is 0.252 e. The van der Waals surface area contributed by atoms with E-state index in [1.807, 2.05) is 54.6 Å². The number of para-hydroxylation sites is 1. The summed E-state index contributed by atoms with van der Waals surface area (Å²) in [5.41, 5.74) is 1.52. The minimum Gasteiger partial charge on any atom is -0.493 e. The minimum atomic E-state index is -0.171. The van der Waals surface area contributed by atoms with E-state index in [0.29, 0.717) is 23.6 Å². The molecule has 3 aromatic rings. The summed E-state index contributed by atoms with van der Waals surface area (Å²) < 4.78 is 17.1. The Hall–Kier alpha value is -2.74. The number of amides is 1. The predicted molar refractivity (Wildman–Crippen MR) is 116 cm³/mol. The van der Waals surface area contributed by atoms with Crippen LogP contribution in [0, 0.1) is 3.57 Å². The molecular formula is C22H20INO4. The van der Waals surface area contributed by atoms with Crippen LogP contribution in [0.1, 0.15) is 15.9 Å². The van der Waals surface area contributed by atoms with E-state index < -0.39 is 0 Å². The first-order valence-electron chi connectivity index (χ1n) is 8.62. The van der Waals surface area contributed by atoms with E-state index in [-0.39, 0.29) is 5.91 Å². The van der Waals surface area contributed by atoms with Gasteiger partial charge < -0.3 is 19.5 Å². The smallest absolute Gasteiger partial charge is 0.252 e. The molecule has 0 aliphatic rings. The fourth-order valence-electron chi connectivity index (χ4n) is 2.61. The average Bonchev–Trinajstić information content (AvgIpc) is 2.73. The summed E-state index contributed by atoms with van der Waals surface area (Å²) in [6.07, 6.45) is 0. The summed E-state index contributed by atoms with van der Waals surface area (Å²) in [6, 6.07) is 20.7. The molecule has 3 aromatic carbocycles. The molecule has 1 amide bonds.